The molecular formula is C13H15N3O3S. The lowest BCUT2D eigenvalue weighted by Gasteiger charge is -2.18. The van der Waals surface area contributed by atoms with E-state index < -0.39 is 16.1 Å². The first kappa shape index (κ1) is 13.1. The lowest BCUT2D eigenvalue weighted by atomic mass is 10.2. The van der Waals surface area contributed by atoms with Crippen molar-refractivity contribution < 1.29 is 13.2 Å². The Bertz CT molecular complexity index is 773. The molecule has 2 aromatic rings. The SMILES string of the molecule is NC(=O)c1cc2ccccc2n1S(=O)(=O)N1CCCC1. The number of fused-ring (bicyclic) bond motifs is 1. The Labute approximate surface area is 117 Å². The number of hydrogen-bond acceptors (Lipinski definition) is 3. The molecule has 1 amide bonds. The van der Waals surface area contributed by atoms with Crippen LogP contribution in [0.1, 0.15) is 23.3 Å². The van der Waals surface area contributed by atoms with Gasteiger partial charge in [-0.15, -0.1) is 0 Å². The van der Waals surface area contributed by atoms with Gasteiger partial charge in [0.25, 0.3) is 5.91 Å². The van der Waals surface area contributed by atoms with Crippen molar-refractivity contribution in [2.45, 2.75) is 12.8 Å². The molecule has 0 unspecified atom stereocenters. The lowest BCUT2D eigenvalue weighted by molar-refractivity contribution is 0.0994. The fourth-order valence-corrected chi connectivity index (χ4v) is 4.34. The first-order valence-electron chi connectivity index (χ1n) is 6.43. The van der Waals surface area contributed by atoms with Gasteiger partial charge < -0.3 is 5.73 Å². The number of rotatable bonds is 3. The molecule has 2 heterocycles. The number of carbonyl (C=O) groups is 1. The van der Waals surface area contributed by atoms with Gasteiger partial charge in [0.1, 0.15) is 5.69 Å². The van der Waals surface area contributed by atoms with Crippen LogP contribution in [0, 0.1) is 0 Å². The van der Waals surface area contributed by atoms with E-state index in [0.717, 1.165) is 16.8 Å². The summed E-state index contributed by atoms with van der Waals surface area (Å²) in [6.45, 7) is 0.958. The van der Waals surface area contributed by atoms with E-state index in [9.17, 15) is 13.2 Å². The Morgan fingerprint density at radius 1 is 1.15 bits per heavy atom. The van der Waals surface area contributed by atoms with Gasteiger partial charge in [-0.1, -0.05) is 18.2 Å². The van der Waals surface area contributed by atoms with Crippen LogP contribution < -0.4 is 5.73 Å². The number of carbonyl (C=O) groups excluding carboxylic acids is 1. The Hall–Kier alpha value is -1.86. The minimum absolute atomic E-state index is 0.00176. The van der Waals surface area contributed by atoms with E-state index in [1.54, 1.807) is 24.3 Å². The molecule has 0 bridgehead atoms. The topological polar surface area (TPSA) is 85.4 Å². The van der Waals surface area contributed by atoms with Crippen LogP contribution in [-0.4, -0.2) is 35.7 Å². The van der Waals surface area contributed by atoms with Gasteiger partial charge in [0.05, 0.1) is 5.52 Å². The zero-order chi connectivity index (χ0) is 14.3. The monoisotopic (exact) mass is 293 g/mol. The second-order valence-electron chi connectivity index (χ2n) is 4.83. The molecule has 0 atom stereocenters. The normalized spacial score (nSPS) is 16.8. The highest BCUT2D eigenvalue weighted by molar-refractivity contribution is 7.87. The molecule has 3 rings (SSSR count). The van der Waals surface area contributed by atoms with Crippen LogP contribution in [0.15, 0.2) is 30.3 Å². The van der Waals surface area contributed by atoms with Crippen LogP contribution in [0.25, 0.3) is 10.9 Å². The Morgan fingerprint density at radius 2 is 1.80 bits per heavy atom. The minimum Gasteiger partial charge on any atom is -0.364 e. The van der Waals surface area contributed by atoms with Gasteiger partial charge in [-0.3, -0.25) is 4.79 Å². The molecule has 1 aliphatic heterocycles. The van der Waals surface area contributed by atoms with Crippen molar-refractivity contribution in [1.29, 1.82) is 0 Å². The van der Waals surface area contributed by atoms with E-state index in [4.69, 9.17) is 5.73 Å². The molecule has 6 nitrogen and oxygen atoms in total. The summed E-state index contributed by atoms with van der Waals surface area (Å²) in [4.78, 5) is 11.6. The quantitative estimate of drug-likeness (QED) is 0.913. The number of nitrogens with two attached hydrogens (primary N) is 1. The summed E-state index contributed by atoms with van der Waals surface area (Å²) in [6.07, 6.45) is 1.68. The number of hydrogen-bond donors (Lipinski definition) is 1. The maximum atomic E-state index is 12.7. The molecule has 7 heteroatoms. The Morgan fingerprint density at radius 3 is 2.45 bits per heavy atom. The summed E-state index contributed by atoms with van der Waals surface area (Å²) in [5.74, 6) is -0.746. The summed E-state index contributed by atoms with van der Waals surface area (Å²) in [5.41, 5.74) is 5.81. The Kier molecular flexibility index (Phi) is 3.02. The average Bonchev–Trinajstić information content (AvgIpc) is 3.06. The number of primary amides is 1. The number of nitrogens with zero attached hydrogens (tertiary/aromatic N) is 2. The van der Waals surface area contributed by atoms with Crippen LogP contribution in [0.4, 0.5) is 0 Å². The van der Waals surface area contributed by atoms with Crippen molar-refractivity contribution >= 4 is 27.0 Å². The van der Waals surface area contributed by atoms with Crippen LogP contribution in [0.5, 0.6) is 0 Å². The summed E-state index contributed by atoms with van der Waals surface area (Å²) in [7, 11) is -3.75. The van der Waals surface area contributed by atoms with Gasteiger partial charge >= 0.3 is 10.2 Å². The fourth-order valence-electron chi connectivity index (χ4n) is 2.58. The molecule has 0 radical (unpaired) electrons. The van der Waals surface area contributed by atoms with Gasteiger partial charge in [-0.2, -0.15) is 12.7 Å². The molecule has 1 aliphatic rings. The molecule has 106 valence electrons. The molecule has 1 aromatic heterocycles. The van der Waals surface area contributed by atoms with Crippen LogP contribution in [0.3, 0.4) is 0 Å². The number of amides is 1. The van der Waals surface area contributed by atoms with Gasteiger partial charge in [0.2, 0.25) is 0 Å². The fraction of sp³-hybridized carbons (Fsp3) is 0.308. The number of aromatic nitrogens is 1. The molecule has 1 aromatic carbocycles. The van der Waals surface area contributed by atoms with Crippen molar-refractivity contribution in [2.24, 2.45) is 5.73 Å². The molecular weight excluding hydrogens is 278 g/mol. The largest absolute Gasteiger partial charge is 0.364 e. The second-order valence-corrected chi connectivity index (χ2v) is 6.61. The third kappa shape index (κ3) is 1.90. The predicted octanol–water partition coefficient (Wildman–Crippen LogP) is 0.929. The van der Waals surface area contributed by atoms with E-state index in [1.807, 2.05) is 0 Å². The van der Waals surface area contributed by atoms with Crippen LogP contribution in [0.2, 0.25) is 0 Å². The van der Waals surface area contributed by atoms with E-state index >= 15 is 0 Å². The van der Waals surface area contributed by atoms with E-state index in [-0.39, 0.29) is 5.69 Å². The molecule has 2 N–H and O–H groups in total. The smallest absolute Gasteiger partial charge is 0.308 e. The summed E-state index contributed by atoms with van der Waals surface area (Å²) >= 11 is 0. The standard InChI is InChI=1S/C13H15N3O3S/c14-13(17)12-9-10-5-1-2-6-11(10)16(12)20(18,19)15-7-3-4-8-15/h1-2,5-6,9H,3-4,7-8H2,(H2,14,17). The number of para-hydroxylation sites is 1. The predicted molar refractivity (Wildman–Crippen MR) is 75.6 cm³/mol. The van der Waals surface area contributed by atoms with Crippen molar-refractivity contribution in [3.8, 4) is 0 Å². The highest BCUT2D eigenvalue weighted by atomic mass is 32.2. The third-order valence-electron chi connectivity index (χ3n) is 3.54. The second kappa shape index (κ2) is 4.60. The maximum Gasteiger partial charge on any atom is 0.308 e. The Balaban J connectivity index is 2.28. The molecule has 20 heavy (non-hydrogen) atoms. The zero-order valence-electron chi connectivity index (χ0n) is 10.8. The minimum atomic E-state index is -3.75. The summed E-state index contributed by atoms with van der Waals surface area (Å²) in [5, 5.41) is 0.684. The lowest BCUT2D eigenvalue weighted by Crippen LogP contribution is -2.35. The molecule has 0 spiro atoms. The van der Waals surface area contributed by atoms with E-state index in [2.05, 4.69) is 0 Å². The molecule has 1 saturated heterocycles. The van der Waals surface area contributed by atoms with Gasteiger partial charge in [-0.05, 0) is 25.0 Å². The van der Waals surface area contributed by atoms with Crippen LogP contribution in [-0.2, 0) is 10.2 Å². The van der Waals surface area contributed by atoms with Gasteiger partial charge in [0.15, 0.2) is 0 Å². The molecule has 0 aliphatic carbocycles. The van der Waals surface area contributed by atoms with Crippen LogP contribution >= 0.6 is 0 Å². The van der Waals surface area contributed by atoms with E-state index in [1.165, 1.54) is 10.4 Å². The maximum absolute atomic E-state index is 12.7. The van der Waals surface area contributed by atoms with Crippen molar-refractivity contribution in [3.63, 3.8) is 0 Å². The molecule has 1 fully saturated rings. The highest BCUT2D eigenvalue weighted by Crippen LogP contribution is 2.25. The average molecular weight is 293 g/mol. The van der Waals surface area contributed by atoms with Crippen molar-refractivity contribution in [3.05, 3.63) is 36.0 Å². The van der Waals surface area contributed by atoms with Crippen molar-refractivity contribution in [1.82, 2.24) is 8.28 Å². The summed E-state index contributed by atoms with van der Waals surface area (Å²) in [6, 6.07) is 8.49. The van der Waals surface area contributed by atoms with Crippen molar-refractivity contribution in [2.75, 3.05) is 13.1 Å². The van der Waals surface area contributed by atoms with Gasteiger partial charge in [-0.25, -0.2) is 3.97 Å². The molecule has 0 saturated carbocycles. The first-order valence-corrected chi connectivity index (χ1v) is 7.82. The first-order chi connectivity index (χ1) is 9.51. The van der Waals surface area contributed by atoms with Gasteiger partial charge in [0, 0.05) is 18.5 Å². The number of benzene rings is 1. The summed E-state index contributed by atoms with van der Waals surface area (Å²) < 4.78 is 27.9. The zero-order valence-corrected chi connectivity index (χ0v) is 11.6. The third-order valence-corrected chi connectivity index (χ3v) is 5.41. The highest BCUT2D eigenvalue weighted by Gasteiger charge is 2.31. The van der Waals surface area contributed by atoms with E-state index in [0.29, 0.717) is 24.0 Å².